The maximum Gasteiger partial charge on any atom is 0.175 e. The summed E-state index contributed by atoms with van der Waals surface area (Å²) in [4.78, 5) is 0. The van der Waals surface area contributed by atoms with Crippen molar-refractivity contribution in [3.8, 4) is 11.5 Å². The molecule has 1 saturated carbocycles. The zero-order chi connectivity index (χ0) is 12.6. The average molecular weight is 300 g/mol. The summed E-state index contributed by atoms with van der Waals surface area (Å²) in [5, 5.41) is 9.83. The number of halogens is 1. The van der Waals surface area contributed by atoms with Crippen LogP contribution in [0, 0.1) is 6.92 Å². The highest BCUT2D eigenvalue weighted by Crippen LogP contribution is 2.47. The summed E-state index contributed by atoms with van der Waals surface area (Å²) in [5.74, 6) is 0.629. The molecule has 0 unspecified atom stereocenters. The zero-order valence-electron chi connectivity index (χ0n) is 10.2. The molecule has 3 nitrogen and oxygen atoms in total. The molecule has 0 radical (unpaired) electrons. The number of methoxy groups -OCH3 is 1. The van der Waals surface area contributed by atoms with Crippen LogP contribution in [0.3, 0.4) is 0 Å². The van der Waals surface area contributed by atoms with Gasteiger partial charge >= 0.3 is 0 Å². The molecule has 2 rings (SSSR count). The Bertz CT molecular complexity index is 440. The predicted molar refractivity (Wildman–Crippen MR) is 71.4 cm³/mol. The number of hydrogen-bond donors (Lipinski definition) is 2. The van der Waals surface area contributed by atoms with Crippen LogP contribution in [0.2, 0.25) is 0 Å². The molecule has 0 spiro atoms. The molecule has 1 fully saturated rings. The third kappa shape index (κ3) is 2.04. The van der Waals surface area contributed by atoms with Crippen molar-refractivity contribution in [1.29, 1.82) is 0 Å². The minimum absolute atomic E-state index is 0.155. The Labute approximate surface area is 110 Å². The van der Waals surface area contributed by atoms with Crippen molar-refractivity contribution in [3.05, 3.63) is 21.7 Å². The second-order valence-corrected chi connectivity index (χ2v) is 5.59. The molecule has 1 aliphatic carbocycles. The first-order chi connectivity index (χ1) is 7.99. The Morgan fingerprint density at radius 2 is 2.00 bits per heavy atom. The molecular weight excluding hydrogens is 282 g/mol. The van der Waals surface area contributed by atoms with Crippen LogP contribution in [0.25, 0.3) is 0 Å². The Hall–Kier alpha value is -0.740. The molecule has 0 aliphatic heterocycles. The van der Waals surface area contributed by atoms with Crippen molar-refractivity contribution in [3.63, 3.8) is 0 Å². The van der Waals surface area contributed by atoms with Crippen LogP contribution in [-0.2, 0) is 5.54 Å². The highest BCUT2D eigenvalue weighted by atomic mass is 79.9. The predicted octanol–water partition coefficient (Wildman–Crippen LogP) is 3.20. The van der Waals surface area contributed by atoms with Gasteiger partial charge in [-0.25, -0.2) is 0 Å². The summed E-state index contributed by atoms with van der Waals surface area (Å²) in [6.45, 7) is 1.98. The van der Waals surface area contributed by atoms with Gasteiger partial charge in [0, 0.05) is 5.54 Å². The van der Waals surface area contributed by atoms with E-state index in [2.05, 4.69) is 15.9 Å². The Morgan fingerprint density at radius 1 is 1.41 bits per heavy atom. The van der Waals surface area contributed by atoms with Crippen molar-refractivity contribution in [1.82, 2.24) is 0 Å². The largest absolute Gasteiger partial charge is 0.504 e. The summed E-state index contributed by atoms with van der Waals surface area (Å²) in [6.07, 6.45) is 4.29. The highest BCUT2D eigenvalue weighted by molar-refractivity contribution is 9.10. The van der Waals surface area contributed by atoms with E-state index in [-0.39, 0.29) is 11.3 Å². The van der Waals surface area contributed by atoms with E-state index in [1.165, 1.54) is 0 Å². The molecule has 0 atom stereocenters. The first kappa shape index (κ1) is 12.7. The molecule has 1 aromatic carbocycles. The van der Waals surface area contributed by atoms with Crippen LogP contribution in [-0.4, -0.2) is 12.2 Å². The SMILES string of the molecule is COc1c(O)cc(C)c(C2(N)CCCC2)c1Br. The van der Waals surface area contributed by atoms with Crippen LogP contribution in [0.15, 0.2) is 10.5 Å². The first-order valence-corrected chi connectivity index (χ1v) is 6.64. The van der Waals surface area contributed by atoms with E-state index in [1.54, 1.807) is 13.2 Å². The van der Waals surface area contributed by atoms with E-state index in [4.69, 9.17) is 10.5 Å². The molecular formula is C13H18BrNO2. The molecule has 0 saturated heterocycles. The van der Waals surface area contributed by atoms with E-state index >= 15 is 0 Å². The second kappa shape index (κ2) is 4.50. The monoisotopic (exact) mass is 299 g/mol. The van der Waals surface area contributed by atoms with Gasteiger partial charge in [-0.15, -0.1) is 0 Å². The number of benzene rings is 1. The van der Waals surface area contributed by atoms with Gasteiger partial charge in [-0.05, 0) is 52.9 Å². The number of phenolic OH excluding ortho intramolecular Hbond substituents is 1. The lowest BCUT2D eigenvalue weighted by Gasteiger charge is -2.28. The van der Waals surface area contributed by atoms with Gasteiger partial charge in [0.05, 0.1) is 11.6 Å². The number of rotatable bonds is 2. The fraction of sp³-hybridized carbons (Fsp3) is 0.538. The van der Waals surface area contributed by atoms with Crippen LogP contribution in [0.4, 0.5) is 0 Å². The Kier molecular flexibility index (Phi) is 3.36. The number of hydrogen-bond acceptors (Lipinski definition) is 3. The topological polar surface area (TPSA) is 55.5 Å². The number of ether oxygens (including phenoxy) is 1. The number of aryl methyl sites for hydroxylation is 1. The lowest BCUT2D eigenvalue weighted by atomic mass is 9.86. The van der Waals surface area contributed by atoms with Gasteiger partial charge in [-0.3, -0.25) is 0 Å². The lowest BCUT2D eigenvalue weighted by Crippen LogP contribution is -2.34. The Balaban J connectivity index is 2.60. The maximum atomic E-state index is 9.83. The van der Waals surface area contributed by atoms with Gasteiger partial charge in [0.2, 0.25) is 0 Å². The van der Waals surface area contributed by atoms with Crippen molar-refractivity contribution in [2.45, 2.75) is 38.1 Å². The molecule has 1 aromatic rings. The fourth-order valence-electron chi connectivity index (χ4n) is 2.80. The van der Waals surface area contributed by atoms with E-state index < -0.39 is 0 Å². The Morgan fingerprint density at radius 3 is 2.53 bits per heavy atom. The molecule has 4 heteroatoms. The second-order valence-electron chi connectivity index (χ2n) is 4.80. The minimum atomic E-state index is -0.288. The van der Waals surface area contributed by atoms with Gasteiger partial charge < -0.3 is 15.6 Å². The van der Waals surface area contributed by atoms with Crippen LogP contribution in [0.1, 0.15) is 36.8 Å². The van der Waals surface area contributed by atoms with Gasteiger partial charge in [0.15, 0.2) is 11.5 Å². The molecule has 0 bridgehead atoms. The third-order valence-electron chi connectivity index (χ3n) is 3.60. The van der Waals surface area contributed by atoms with Crippen LogP contribution < -0.4 is 10.5 Å². The number of nitrogens with two attached hydrogens (primary N) is 1. The van der Waals surface area contributed by atoms with Gasteiger partial charge in [-0.1, -0.05) is 12.8 Å². The molecule has 1 aliphatic rings. The summed E-state index contributed by atoms with van der Waals surface area (Å²) in [6, 6.07) is 1.73. The molecule has 17 heavy (non-hydrogen) atoms. The van der Waals surface area contributed by atoms with Gasteiger partial charge in [-0.2, -0.15) is 0 Å². The van der Waals surface area contributed by atoms with E-state index in [1.807, 2.05) is 6.92 Å². The molecule has 0 aromatic heterocycles. The summed E-state index contributed by atoms with van der Waals surface area (Å²) in [7, 11) is 1.55. The van der Waals surface area contributed by atoms with E-state index in [0.717, 1.165) is 41.3 Å². The highest BCUT2D eigenvalue weighted by Gasteiger charge is 2.35. The molecule has 94 valence electrons. The van der Waals surface area contributed by atoms with E-state index in [9.17, 15) is 5.11 Å². The zero-order valence-corrected chi connectivity index (χ0v) is 11.8. The normalized spacial score (nSPS) is 18.4. The summed E-state index contributed by atoms with van der Waals surface area (Å²) in [5.41, 5.74) is 8.29. The van der Waals surface area contributed by atoms with E-state index in [0.29, 0.717) is 5.75 Å². The standard InChI is InChI=1S/C13H18BrNO2/c1-8-7-9(16)12(17-2)11(14)10(8)13(15)5-3-4-6-13/h7,16H,3-6,15H2,1-2H3. The fourth-order valence-corrected chi connectivity index (χ4v) is 3.88. The summed E-state index contributed by atoms with van der Waals surface area (Å²) >= 11 is 3.52. The lowest BCUT2D eigenvalue weighted by molar-refractivity contribution is 0.366. The van der Waals surface area contributed by atoms with Gasteiger partial charge in [0.25, 0.3) is 0 Å². The van der Waals surface area contributed by atoms with Crippen molar-refractivity contribution in [2.24, 2.45) is 5.73 Å². The quantitative estimate of drug-likeness (QED) is 0.882. The molecule has 0 amide bonds. The van der Waals surface area contributed by atoms with Crippen molar-refractivity contribution < 1.29 is 9.84 Å². The molecule has 3 N–H and O–H groups in total. The van der Waals surface area contributed by atoms with Crippen molar-refractivity contribution in [2.75, 3.05) is 7.11 Å². The molecule has 0 heterocycles. The number of aromatic hydroxyl groups is 1. The smallest absolute Gasteiger partial charge is 0.175 e. The average Bonchev–Trinajstić information content (AvgIpc) is 2.65. The third-order valence-corrected chi connectivity index (χ3v) is 4.35. The van der Waals surface area contributed by atoms with Crippen LogP contribution >= 0.6 is 15.9 Å². The maximum absolute atomic E-state index is 9.83. The number of phenols is 1. The van der Waals surface area contributed by atoms with Crippen LogP contribution in [0.5, 0.6) is 11.5 Å². The van der Waals surface area contributed by atoms with Gasteiger partial charge in [0.1, 0.15) is 0 Å². The van der Waals surface area contributed by atoms with Crippen molar-refractivity contribution >= 4 is 15.9 Å². The summed E-state index contributed by atoms with van der Waals surface area (Å²) < 4.78 is 6.02. The minimum Gasteiger partial charge on any atom is -0.504 e. The first-order valence-electron chi connectivity index (χ1n) is 5.85.